The summed E-state index contributed by atoms with van der Waals surface area (Å²) in [6.45, 7) is 0.170. The molecule has 2 aromatic heterocycles. The van der Waals surface area contributed by atoms with Crippen molar-refractivity contribution in [2.75, 3.05) is 0 Å². The molecule has 0 fully saturated rings. The molecule has 2 N–H and O–H groups in total. The number of aryl methyl sites for hydroxylation is 1. The second-order valence-corrected chi connectivity index (χ2v) is 6.87. The Bertz CT molecular complexity index is 700. The average Bonchev–Trinajstić information content (AvgIpc) is 2.95. The zero-order valence-corrected chi connectivity index (χ0v) is 11.7. The number of carbonyl (C=O) groups is 1. The third-order valence-corrected chi connectivity index (χ3v) is 5.29. The van der Waals surface area contributed by atoms with Crippen molar-refractivity contribution in [3.63, 3.8) is 0 Å². The Morgan fingerprint density at radius 3 is 2.79 bits per heavy atom. The Kier molecular flexibility index (Phi) is 3.74. The van der Waals surface area contributed by atoms with E-state index in [0.29, 0.717) is 0 Å². The van der Waals surface area contributed by atoms with Gasteiger partial charge in [0.25, 0.3) is 0 Å². The van der Waals surface area contributed by atoms with Crippen molar-refractivity contribution in [2.24, 2.45) is 7.05 Å². The zero-order valence-electron chi connectivity index (χ0n) is 10.0. The van der Waals surface area contributed by atoms with E-state index in [4.69, 9.17) is 5.11 Å². The number of carboxylic acid groups (broad SMARTS) is 1. The molecule has 0 aliphatic heterocycles. The van der Waals surface area contributed by atoms with Gasteiger partial charge >= 0.3 is 5.97 Å². The van der Waals surface area contributed by atoms with Gasteiger partial charge in [-0.3, -0.25) is 0 Å². The van der Waals surface area contributed by atoms with E-state index in [2.05, 4.69) is 4.72 Å². The highest BCUT2D eigenvalue weighted by Gasteiger charge is 2.18. The van der Waals surface area contributed by atoms with Gasteiger partial charge in [-0.2, -0.15) is 0 Å². The monoisotopic (exact) mass is 300 g/mol. The molecule has 0 amide bonds. The summed E-state index contributed by atoms with van der Waals surface area (Å²) < 4.78 is 28.1. The van der Waals surface area contributed by atoms with Gasteiger partial charge in [0.2, 0.25) is 10.0 Å². The van der Waals surface area contributed by atoms with Crippen molar-refractivity contribution in [2.45, 2.75) is 10.8 Å². The molecule has 0 saturated heterocycles. The van der Waals surface area contributed by atoms with Gasteiger partial charge in [-0.25, -0.2) is 17.9 Å². The quantitative estimate of drug-likeness (QED) is 0.870. The summed E-state index contributed by atoms with van der Waals surface area (Å²) >= 11 is 0.889. The molecule has 0 spiro atoms. The summed E-state index contributed by atoms with van der Waals surface area (Å²) in [4.78, 5) is 10.7. The van der Waals surface area contributed by atoms with E-state index in [0.717, 1.165) is 23.0 Å². The second-order valence-electron chi connectivity index (χ2n) is 3.97. The largest absolute Gasteiger partial charge is 0.478 e. The maximum absolute atomic E-state index is 11.9. The highest BCUT2D eigenvalue weighted by atomic mass is 32.2. The molecule has 0 saturated carbocycles. The first-order valence-corrected chi connectivity index (χ1v) is 7.67. The number of nitrogens with zero attached hydrogens (tertiary/aromatic N) is 1. The van der Waals surface area contributed by atoms with Crippen LogP contribution in [-0.2, 0) is 23.6 Å². The standard InChI is InChI=1S/C11H12N2O4S2/c1-13-3-2-8(6-13)5-12-19(16,17)10-4-9(7-18-10)11(14)15/h2-4,6-7,12H,5H2,1H3,(H,14,15). The minimum atomic E-state index is -3.67. The Morgan fingerprint density at radius 1 is 1.53 bits per heavy atom. The molecule has 0 bridgehead atoms. The molecular weight excluding hydrogens is 288 g/mol. The van der Waals surface area contributed by atoms with Crippen LogP contribution in [0.15, 0.2) is 34.1 Å². The lowest BCUT2D eigenvalue weighted by Crippen LogP contribution is -2.22. The van der Waals surface area contributed by atoms with E-state index in [1.807, 2.05) is 17.8 Å². The number of hydrogen-bond acceptors (Lipinski definition) is 4. The molecule has 2 aromatic rings. The molecule has 0 radical (unpaired) electrons. The summed E-state index contributed by atoms with van der Waals surface area (Å²) in [5.74, 6) is -1.14. The SMILES string of the molecule is Cn1ccc(CNS(=O)(=O)c2cc(C(=O)O)cs2)c1. The number of hydrogen-bond donors (Lipinski definition) is 2. The molecule has 6 nitrogen and oxygen atoms in total. The highest BCUT2D eigenvalue weighted by molar-refractivity contribution is 7.91. The van der Waals surface area contributed by atoms with E-state index in [1.165, 1.54) is 5.38 Å². The van der Waals surface area contributed by atoms with Crippen molar-refractivity contribution in [1.82, 2.24) is 9.29 Å². The molecule has 0 aliphatic carbocycles. The summed E-state index contributed by atoms with van der Waals surface area (Å²) in [7, 11) is -1.82. The topological polar surface area (TPSA) is 88.4 Å². The number of carboxylic acids is 1. The summed E-state index contributed by atoms with van der Waals surface area (Å²) in [6, 6.07) is 2.96. The van der Waals surface area contributed by atoms with Crippen molar-refractivity contribution in [1.29, 1.82) is 0 Å². The van der Waals surface area contributed by atoms with E-state index >= 15 is 0 Å². The number of sulfonamides is 1. The zero-order chi connectivity index (χ0) is 14.0. The first-order valence-electron chi connectivity index (χ1n) is 5.31. The Balaban J connectivity index is 2.11. The Hall–Kier alpha value is -1.64. The number of rotatable bonds is 5. The number of nitrogens with one attached hydrogen (secondary N) is 1. The lowest BCUT2D eigenvalue weighted by molar-refractivity contribution is 0.0697. The number of aromatic nitrogens is 1. The molecule has 0 atom stereocenters. The summed E-state index contributed by atoms with van der Waals surface area (Å²) in [5.41, 5.74) is 0.811. The average molecular weight is 300 g/mol. The minimum absolute atomic E-state index is 0.000770. The van der Waals surface area contributed by atoms with Gasteiger partial charge in [-0.15, -0.1) is 11.3 Å². The highest BCUT2D eigenvalue weighted by Crippen LogP contribution is 2.20. The molecule has 0 aliphatic rings. The van der Waals surface area contributed by atoms with Crippen LogP contribution in [0.2, 0.25) is 0 Å². The first-order chi connectivity index (χ1) is 8.88. The molecule has 2 rings (SSSR count). The Labute approximate surface area is 114 Å². The molecular formula is C11H12N2O4S2. The van der Waals surface area contributed by atoms with Crippen molar-refractivity contribution >= 4 is 27.3 Å². The van der Waals surface area contributed by atoms with Gasteiger partial charge in [0, 0.05) is 31.4 Å². The summed E-state index contributed by atoms with van der Waals surface area (Å²) in [6.07, 6.45) is 3.62. The van der Waals surface area contributed by atoms with Crippen LogP contribution in [0.1, 0.15) is 15.9 Å². The van der Waals surface area contributed by atoms with E-state index in [-0.39, 0.29) is 16.3 Å². The fourth-order valence-electron chi connectivity index (χ4n) is 1.48. The predicted molar refractivity (Wildman–Crippen MR) is 70.7 cm³/mol. The van der Waals surface area contributed by atoms with Gasteiger partial charge in [0.05, 0.1) is 5.56 Å². The van der Waals surface area contributed by atoms with Crippen LogP contribution in [0.5, 0.6) is 0 Å². The van der Waals surface area contributed by atoms with Gasteiger partial charge in [0.1, 0.15) is 4.21 Å². The van der Waals surface area contributed by atoms with Gasteiger partial charge in [-0.1, -0.05) is 0 Å². The number of thiophene rings is 1. The molecule has 2 heterocycles. The van der Waals surface area contributed by atoms with E-state index in [1.54, 1.807) is 12.3 Å². The van der Waals surface area contributed by atoms with Crippen molar-refractivity contribution in [3.8, 4) is 0 Å². The smallest absolute Gasteiger partial charge is 0.336 e. The maximum Gasteiger partial charge on any atom is 0.336 e. The Morgan fingerprint density at radius 2 is 2.26 bits per heavy atom. The fraction of sp³-hybridized carbons (Fsp3) is 0.182. The van der Waals surface area contributed by atoms with Crippen LogP contribution in [0, 0.1) is 0 Å². The second kappa shape index (κ2) is 5.16. The summed E-state index contributed by atoms with van der Waals surface area (Å²) in [5, 5.41) is 10.1. The van der Waals surface area contributed by atoms with Gasteiger partial charge in [0.15, 0.2) is 0 Å². The van der Waals surface area contributed by atoms with Crippen LogP contribution in [0.4, 0.5) is 0 Å². The van der Waals surface area contributed by atoms with Crippen LogP contribution < -0.4 is 4.72 Å². The lowest BCUT2D eigenvalue weighted by atomic mass is 10.3. The molecule has 0 unspecified atom stereocenters. The van der Waals surface area contributed by atoms with E-state index < -0.39 is 16.0 Å². The van der Waals surface area contributed by atoms with Crippen LogP contribution in [-0.4, -0.2) is 24.1 Å². The maximum atomic E-state index is 11.9. The third-order valence-electron chi connectivity index (χ3n) is 2.45. The lowest BCUT2D eigenvalue weighted by Gasteiger charge is -2.02. The van der Waals surface area contributed by atoms with Crippen molar-refractivity contribution < 1.29 is 18.3 Å². The molecule has 102 valence electrons. The normalized spacial score (nSPS) is 11.6. The van der Waals surface area contributed by atoms with Crippen molar-refractivity contribution in [3.05, 3.63) is 41.0 Å². The van der Waals surface area contributed by atoms with Crippen LogP contribution in [0.25, 0.3) is 0 Å². The fourth-order valence-corrected chi connectivity index (χ4v) is 3.70. The predicted octanol–water partition coefficient (Wildman–Crippen LogP) is 1.26. The first kappa shape index (κ1) is 13.8. The third kappa shape index (κ3) is 3.22. The minimum Gasteiger partial charge on any atom is -0.478 e. The number of aromatic carboxylic acids is 1. The van der Waals surface area contributed by atoms with Crippen LogP contribution >= 0.6 is 11.3 Å². The molecule has 8 heteroatoms. The van der Waals surface area contributed by atoms with Gasteiger partial charge < -0.3 is 9.67 Å². The van der Waals surface area contributed by atoms with Gasteiger partial charge in [-0.05, 0) is 17.7 Å². The van der Waals surface area contributed by atoms with E-state index in [9.17, 15) is 13.2 Å². The molecule has 19 heavy (non-hydrogen) atoms. The van der Waals surface area contributed by atoms with Crippen LogP contribution in [0.3, 0.4) is 0 Å². The molecule has 0 aromatic carbocycles.